The first-order valence-electron chi connectivity index (χ1n) is 20.0. The monoisotopic (exact) mass is 731 g/mol. The number of fused-ring (bicyclic) bond motifs is 5. The van der Waals surface area contributed by atoms with E-state index in [4.69, 9.17) is 37.9 Å². The van der Waals surface area contributed by atoms with Crippen LogP contribution in [0.15, 0.2) is 23.3 Å². The fourth-order valence-corrected chi connectivity index (χ4v) is 10.5. The summed E-state index contributed by atoms with van der Waals surface area (Å²) in [7, 11) is 6.95. The molecule has 0 unspecified atom stereocenters. The molecule has 294 valence electrons. The predicted octanol–water partition coefficient (Wildman–Crippen LogP) is 5.54. The standard InChI is InChI=1S/C41H65NO10/c1-10-25-12-11-13-34(52-36-15-14-33(42-6)23(4)48-36)22(3)37(44)32-19-30-28(31(32)20-35(43)50-25)16-21(2)27-17-26(18-29(27)30)51-41-40(47-9)39(46-8)38(45-7)24(5)49-41/h16,19,22-31,33-34,36,38-42H,10-15,17-18,20H2,1-9H3/t22-,23-,24+,25+,26-,27+,28-,29-,30-,31+,33+,34+,36+,38+,39-,40-,41+/m1/s1. The fourth-order valence-electron chi connectivity index (χ4n) is 10.5. The van der Waals surface area contributed by atoms with Crippen LogP contribution < -0.4 is 5.32 Å². The van der Waals surface area contributed by atoms with Gasteiger partial charge in [-0.25, -0.2) is 0 Å². The zero-order chi connectivity index (χ0) is 37.3. The third-order valence-electron chi connectivity index (χ3n) is 13.4. The maximum absolute atomic E-state index is 14.7. The van der Waals surface area contributed by atoms with E-state index in [2.05, 4.69) is 38.2 Å². The minimum Gasteiger partial charge on any atom is -0.462 e. The van der Waals surface area contributed by atoms with Crippen LogP contribution in [0.5, 0.6) is 0 Å². The molecule has 0 aromatic rings. The number of likely N-dealkylation sites (N-methyl/N-ethyl adjacent to an activating group) is 1. The number of ether oxygens (including phenoxy) is 8. The van der Waals surface area contributed by atoms with E-state index in [1.165, 1.54) is 5.57 Å². The van der Waals surface area contributed by atoms with E-state index in [0.29, 0.717) is 12.3 Å². The number of hydrogen-bond acceptors (Lipinski definition) is 11. The van der Waals surface area contributed by atoms with Gasteiger partial charge in [0.15, 0.2) is 18.4 Å². The smallest absolute Gasteiger partial charge is 0.306 e. The molecule has 0 spiro atoms. The highest BCUT2D eigenvalue weighted by molar-refractivity contribution is 5.99. The van der Waals surface area contributed by atoms with Gasteiger partial charge in [-0.3, -0.25) is 9.59 Å². The van der Waals surface area contributed by atoms with Crippen molar-refractivity contribution in [2.24, 2.45) is 35.5 Å². The van der Waals surface area contributed by atoms with Crippen molar-refractivity contribution in [3.8, 4) is 0 Å². The molecule has 4 fully saturated rings. The number of carbonyl (C=O) groups excluding carboxylic acids is 2. The summed E-state index contributed by atoms with van der Waals surface area (Å²) in [5, 5.41) is 3.34. The molecule has 3 heterocycles. The number of hydrogen-bond donors (Lipinski definition) is 1. The molecule has 11 heteroatoms. The van der Waals surface area contributed by atoms with Crippen molar-refractivity contribution in [2.45, 2.75) is 160 Å². The van der Waals surface area contributed by atoms with E-state index in [9.17, 15) is 9.59 Å². The van der Waals surface area contributed by atoms with E-state index >= 15 is 0 Å². The van der Waals surface area contributed by atoms with Crippen LogP contribution in [-0.4, -0.2) is 108 Å². The Morgan fingerprint density at radius 2 is 1.58 bits per heavy atom. The Morgan fingerprint density at radius 3 is 2.25 bits per heavy atom. The van der Waals surface area contributed by atoms with Gasteiger partial charge in [0.2, 0.25) is 0 Å². The molecule has 11 nitrogen and oxygen atoms in total. The average molecular weight is 732 g/mol. The predicted molar refractivity (Wildman–Crippen MR) is 194 cm³/mol. The van der Waals surface area contributed by atoms with E-state index < -0.39 is 12.4 Å². The minimum atomic E-state index is -0.598. The zero-order valence-corrected chi connectivity index (χ0v) is 32.9. The van der Waals surface area contributed by atoms with Gasteiger partial charge < -0.3 is 43.2 Å². The molecular weight excluding hydrogens is 666 g/mol. The van der Waals surface area contributed by atoms with Crippen LogP contribution in [0.1, 0.15) is 92.4 Å². The van der Waals surface area contributed by atoms with Crippen LogP contribution in [0.4, 0.5) is 0 Å². The lowest BCUT2D eigenvalue weighted by Gasteiger charge is -2.44. The van der Waals surface area contributed by atoms with Crippen LogP contribution in [0.3, 0.4) is 0 Å². The Balaban J connectivity index is 1.23. The molecule has 0 aromatic heterocycles. The lowest BCUT2D eigenvalue weighted by molar-refractivity contribution is -0.314. The van der Waals surface area contributed by atoms with Crippen LogP contribution in [-0.2, 0) is 47.5 Å². The summed E-state index contributed by atoms with van der Waals surface area (Å²) in [5.74, 6) is 0.00809. The SMILES string of the molecule is CC[C@H]1CCC[C@H](O[C@H]2CC[C@H](NC)[C@@H](C)O2)[C@@H](C)C(=O)C2=C[C@@H]3[C@@H](C=C(C)[C@@H]4C[C@@H](O[C@@H]5O[C@@H](C)[C@H](OC)[C@@H](OC)[C@H]5OC)C[C@@H]34)[C@@H]2CC(=O)O1. The Labute approximate surface area is 311 Å². The van der Waals surface area contributed by atoms with Crippen LogP contribution in [0.25, 0.3) is 0 Å². The lowest BCUT2D eigenvalue weighted by Crippen LogP contribution is -2.59. The van der Waals surface area contributed by atoms with E-state index in [-0.39, 0.29) is 103 Å². The lowest BCUT2D eigenvalue weighted by atomic mass is 9.67. The van der Waals surface area contributed by atoms with E-state index in [0.717, 1.165) is 50.5 Å². The number of esters is 1. The van der Waals surface area contributed by atoms with Gasteiger partial charge in [-0.05, 0) is 108 Å². The van der Waals surface area contributed by atoms with Crippen LogP contribution in [0.2, 0.25) is 0 Å². The van der Waals surface area contributed by atoms with Gasteiger partial charge in [0.05, 0.1) is 30.8 Å². The van der Waals surface area contributed by atoms with Gasteiger partial charge in [0.25, 0.3) is 0 Å². The quantitative estimate of drug-likeness (QED) is 0.238. The Morgan fingerprint density at radius 1 is 0.827 bits per heavy atom. The molecule has 3 aliphatic heterocycles. The molecule has 1 N–H and O–H groups in total. The van der Waals surface area contributed by atoms with Gasteiger partial charge in [-0.1, -0.05) is 31.6 Å². The molecule has 52 heavy (non-hydrogen) atoms. The molecule has 6 aliphatic rings. The van der Waals surface area contributed by atoms with Gasteiger partial charge in [0.1, 0.15) is 24.4 Å². The van der Waals surface area contributed by atoms with Crippen molar-refractivity contribution in [1.29, 1.82) is 0 Å². The van der Waals surface area contributed by atoms with Crippen molar-refractivity contribution in [2.75, 3.05) is 28.4 Å². The highest BCUT2D eigenvalue weighted by Gasteiger charge is 2.53. The second kappa shape index (κ2) is 17.4. The summed E-state index contributed by atoms with van der Waals surface area (Å²) in [6, 6.07) is 0.286. The highest BCUT2D eigenvalue weighted by Crippen LogP contribution is 2.56. The number of ketones is 1. The Kier molecular flexibility index (Phi) is 13.4. The summed E-state index contributed by atoms with van der Waals surface area (Å²) in [4.78, 5) is 28.2. The fraction of sp³-hybridized carbons (Fsp3) is 0.854. The highest BCUT2D eigenvalue weighted by atomic mass is 16.7. The third-order valence-corrected chi connectivity index (χ3v) is 13.4. The molecule has 17 atom stereocenters. The topological polar surface area (TPSA) is 120 Å². The molecule has 1 saturated carbocycles. The second-order valence-corrected chi connectivity index (χ2v) is 16.3. The largest absolute Gasteiger partial charge is 0.462 e. The summed E-state index contributed by atoms with van der Waals surface area (Å²) in [6.07, 6.45) is 8.51. The van der Waals surface area contributed by atoms with Gasteiger partial charge in [-0.15, -0.1) is 0 Å². The van der Waals surface area contributed by atoms with Crippen LogP contribution in [0, 0.1) is 35.5 Å². The number of cyclic esters (lactones) is 1. The van der Waals surface area contributed by atoms with Gasteiger partial charge >= 0.3 is 5.97 Å². The summed E-state index contributed by atoms with van der Waals surface area (Å²) < 4.78 is 49.6. The summed E-state index contributed by atoms with van der Waals surface area (Å²) in [5.41, 5.74) is 2.07. The maximum atomic E-state index is 14.7. The van der Waals surface area contributed by atoms with Gasteiger partial charge in [-0.2, -0.15) is 0 Å². The third kappa shape index (κ3) is 8.13. The average Bonchev–Trinajstić information content (AvgIpc) is 3.71. The molecule has 3 saturated heterocycles. The number of allylic oxidation sites excluding steroid dienone is 4. The molecule has 0 aromatic carbocycles. The van der Waals surface area contributed by atoms with Crippen molar-refractivity contribution in [3.63, 3.8) is 0 Å². The first-order valence-corrected chi connectivity index (χ1v) is 20.0. The number of Topliss-reactive ketones (excluding diaryl/α,β-unsaturated/α-hetero) is 1. The number of rotatable bonds is 9. The maximum Gasteiger partial charge on any atom is 0.306 e. The Hall–Kier alpha value is -1.70. The second-order valence-electron chi connectivity index (χ2n) is 16.3. The molecule has 0 radical (unpaired) electrons. The van der Waals surface area contributed by atoms with Crippen molar-refractivity contribution >= 4 is 11.8 Å². The summed E-state index contributed by atoms with van der Waals surface area (Å²) >= 11 is 0. The molecule has 0 bridgehead atoms. The van der Waals surface area contributed by atoms with Crippen LogP contribution >= 0.6 is 0 Å². The number of methoxy groups -OCH3 is 3. The normalized spacial score (nSPS) is 45.8. The number of nitrogens with one attached hydrogen (secondary N) is 1. The molecule has 3 aliphatic carbocycles. The minimum absolute atomic E-state index is 0.0225. The molecular formula is C41H65NO10. The zero-order valence-electron chi connectivity index (χ0n) is 32.9. The first kappa shape index (κ1) is 40.0. The Bertz CT molecular complexity index is 1300. The van der Waals surface area contributed by atoms with Crippen molar-refractivity contribution in [3.05, 3.63) is 23.3 Å². The van der Waals surface area contributed by atoms with E-state index in [1.54, 1.807) is 21.3 Å². The molecule has 0 amide bonds. The number of carbonyl (C=O) groups is 2. The van der Waals surface area contributed by atoms with Crippen molar-refractivity contribution in [1.82, 2.24) is 5.32 Å². The molecule has 6 rings (SSSR count). The van der Waals surface area contributed by atoms with E-state index in [1.807, 2.05) is 20.9 Å². The van der Waals surface area contributed by atoms with Gasteiger partial charge in [0, 0.05) is 39.2 Å². The summed E-state index contributed by atoms with van der Waals surface area (Å²) in [6.45, 7) is 10.3. The first-order chi connectivity index (χ1) is 25.0. The van der Waals surface area contributed by atoms with Crippen molar-refractivity contribution < 1.29 is 47.5 Å².